The number of anilines is 1. The molecule has 2 aromatic rings. The minimum Gasteiger partial charge on any atom is -0.384 e. The normalized spacial score (nSPS) is 17.2. The van der Waals surface area contributed by atoms with Crippen LogP contribution in [-0.2, 0) is 26.8 Å². The van der Waals surface area contributed by atoms with Crippen LogP contribution in [0.25, 0.3) is 0 Å². The lowest BCUT2D eigenvalue weighted by atomic mass is 9.87. The Kier molecular flexibility index (Phi) is 8.73. The molecule has 42 heavy (non-hydrogen) atoms. The van der Waals surface area contributed by atoms with Crippen LogP contribution in [0.15, 0.2) is 47.4 Å². The number of amides is 1. The van der Waals surface area contributed by atoms with Gasteiger partial charge in [-0.25, -0.2) is 17.2 Å². The number of fused-ring (bicyclic) bond motifs is 1. The van der Waals surface area contributed by atoms with Crippen molar-refractivity contribution in [3.05, 3.63) is 59.2 Å². The molecular formula is C26H28F8N2O5S. The van der Waals surface area contributed by atoms with Gasteiger partial charge in [0.15, 0.2) is 0 Å². The summed E-state index contributed by atoms with van der Waals surface area (Å²) >= 11 is 0. The van der Waals surface area contributed by atoms with Crippen molar-refractivity contribution in [2.24, 2.45) is 0 Å². The van der Waals surface area contributed by atoms with E-state index in [1.54, 1.807) is 6.92 Å². The minimum absolute atomic E-state index is 0.291. The number of rotatable bonds is 8. The highest BCUT2D eigenvalue weighted by Crippen LogP contribution is 2.51. The zero-order valence-electron chi connectivity index (χ0n) is 22.4. The summed E-state index contributed by atoms with van der Waals surface area (Å²) in [5, 5.41) is 21.4. The molecule has 0 aliphatic carbocycles. The van der Waals surface area contributed by atoms with Crippen LogP contribution in [0.1, 0.15) is 43.4 Å². The summed E-state index contributed by atoms with van der Waals surface area (Å²) < 4.78 is 137. The molecule has 0 saturated carbocycles. The first-order chi connectivity index (χ1) is 18.9. The number of alkyl halides is 8. The molecule has 3 rings (SSSR count). The number of sulfonamides is 1. The Balaban J connectivity index is 2.08. The van der Waals surface area contributed by atoms with E-state index >= 15 is 0 Å². The molecule has 16 heteroatoms. The molecule has 1 amide bonds. The fourth-order valence-corrected chi connectivity index (χ4v) is 6.11. The molecule has 7 nitrogen and oxygen atoms in total. The first kappa shape index (κ1) is 33.5. The van der Waals surface area contributed by atoms with Crippen LogP contribution in [0.4, 0.5) is 40.8 Å². The number of nitrogens with one attached hydrogen (secondary N) is 1. The molecule has 0 saturated heterocycles. The van der Waals surface area contributed by atoms with Gasteiger partial charge in [0.2, 0.25) is 5.91 Å². The molecule has 0 radical (unpaired) electrons. The van der Waals surface area contributed by atoms with Gasteiger partial charge >= 0.3 is 12.4 Å². The monoisotopic (exact) mass is 632 g/mol. The molecule has 1 aliphatic rings. The summed E-state index contributed by atoms with van der Waals surface area (Å²) in [6, 6.07) is 5.39. The van der Waals surface area contributed by atoms with Crippen LogP contribution in [0.5, 0.6) is 0 Å². The first-order valence-electron chi connectivity index (χ1n) is 12.4. The number of carbonyl (C=O) groups excluding carboxylic acids is 1. The van der Waals surface area contributed by atoms with E-state index in [9.17, 15) is 58.5 Å². The standard InChI is InChI=1S/C26H28F8N2O5S/c1-15-4-9-19(10-5-15)42(40,41)36-18(13-21(37)35-14-23(27,28)22(2,3)38)8-6-16-12-17(7-11-20(16)36)24(39,25(29,30)31)26(32,33)34/h4-5,7,9-12,18,38-39H,6,8,13-14H2,1-3H3,(H,35,37)/t18-/m0/s1. The summed E-state index contributed by atoms with van der Waals surface area (Å²) in [5.74, 6) is -4.81. The van der Waals surface area contributed by atoms with Crippen molar-refractivity contribution in [3.63, 3.8) is 0 Å². The molecule has 234 valence electrons. The number of carbonyl (C=O) groups is 1. The van der Waals surface area contributed by atoms with Gasteiger partial charge in [-0.15, -0.1) is 0 Å². The molecular weight excluding hydrogens is 604 g/mol. The van der Waals surface area contributed by atoms with E-state index in [1.807, 2.05) is 5.32 Å². The predicted octanol–water partition coefficient (Wildman–Crippen LogP) is 4.73. The van der Waals surface area contributed by atoms with Gasteiger partial charge in [0.25, 0.3) is 21.5 Å². The van der Waals surface area contributed by atoms with Crippen LogP contribution in [-0.4, -0.2) is 61.0 Å². The smallest absolute Gasteiger partial charge is 0.384 e. The van der Waals surface area contributed by atoms with Crippen molar-refractivity contribution >= 4 is 21.6 Å². The number of hydrogen-bond acceptors (Lipinski definition) is 5. The SMILES string of the molecule is Cc1ccc(S(=O)(=O)N2c3ccc(C(O)(C(F)(F)F)C(F)(F)F)cc3CC[C@H]2CC(=O)NCC(F)(F)C(C)(C)O)cc1. The lowest BCUT2D eigenvalue weighted by Crippen LogP contribution is -2.54. The van der Waals surface area contributed by atoms with Gasteiger partial charge in [-0.2, -0.15) is 26.3 Å². The van der Waals surface area contributed by atoms with Crippen molar-refractivity contribution in [2.75, 3.05) is 10.8 Å². The van der Waals surface area contributed by atoms with E-state index in [4.69, 9.17) is 0 Å². The Bertz CT molecular complexity index is 1400. The number of nitrogens with zero attached hydrogens (tertiary/aromatic N) is 1. The average Bonchev–Trinajstić information content (AvgIpc) is 2.84. The van der Waals surface area contributed by atoms with E-state index in [-0.39, 0.29) is 29.0 Å². The zero-order valence-corrected chi connectivity index (χ0v) is 23.3. The Labute approximate surface area is 236 Å². The van der Waals surface area contributed by atoms with Crippen molar-refractivity contribution in [3.8, 4) is 0 Å². The van der Waals surface area contributed by atoms with Gasteiger partial charge < -0.3 is 15.5 Å². The Hall–Kier alpha value is -2.98. The van der Waals surface area contributed by atoms with Crippen LogP contribution in [0.3, 0.4) is 0 Å². The van der Waals surface area contributed by atoms with Crippen molar-refractivity contribution in [1.82, 2.24) is 5.32 Å². The van der Waals surface area contributed by atoms with Crippen molar-refractivity contribution < 1.29 is 58.5 Å². The summed E-state index contributed by atoms with van der Waals surface area (Å²) in [5.41, 5.74) is -9.31. The van der Waals surface area contributed by atoms with Gasteiger partial charge in [0.1, 0.15) is 5.60 Å². The van der Waals surface area contributed by atoms with Crippen molar-refractivity contribution in [2.45, 2.75) is 80.4 Å². The maximum absolute atomic E-state index is 14.1. The fourth-order valence-electron chi connectivity index (χ4n) is 4.40. The van der Waals surface area contributed by atoms with Gasteiger partial charge in [0.05, 0.1) is 23.2 Å². The largest absolute Gasteiger partial charge is 0.430 e. The molecule has 1 aliphatic heterocycles. The second-order valence-electron chi connectivity index (χ2n) is 10.6. The second-order valence-corrected chi connectivity index (χ2v) is 12.4. The number of aryl methyl sites for hydroxylation is 2. The number of hydrogen-bond donors (Lipinski definition) is 3. The van der Waals surface area contributed by atoms with Crippen molar-refractivity contribution in [1.29, 1.82) is 0 Å². The molecule has 2 aromatic carbocycles. The maximum atomic E-state index is 14.1. The van der Waals surface area contributed by atoms with E-state index in [0.29, 0.717) is 28.1 Å². The molecule has 0 unspecified atom stereocenters. The average molecular weight is 633 g/mol. The fraction of sp³-hybridized carbons (Fsp3) is 0.500. The maximum Gasteiger partial charge on any atom is 0.430 e. The molecule has 1 heterocycles. The van der Waals surface area contributed by atoms with Crippen LogP contribution >= 0.6 is 0 Å². The van der Waals surface area contributed by atoms with Crippen LogP contribution in [0.2, 0.25) is 0 Å². The van der Waals surface area contributed by atoms with Crippen LogP contribution < -0.4 is 9.62 Å². The molecule has 0 spiro atoms. The number of aliphatic hydroxyl groups is 2. The third-order valence-electron chi connectivity index (χ3n) is 7.04. The third-order valence-corrected chi connectivity index (χ3v) is 8.92. The molecule has 0 bridgehead atoms. The zero-order chi connectivity index (χ0) is 32.1. The van der Waals surface area contributed by atoms with E-state index in [1.165, 1.54) is 24.3 Å². The van der Waals surface area contributed by atoms with E-state index in [2.05, 4.69) is 0 Å². The molecule has 1 atom stereocenters. The van der Waals surface area contributed by atoms with E-state index < -0.39 is 70.0 Å². The Morgan fingerprint density at radius 3 is 2.00 bits per heavy atom. The van der Waals surface area contributed by atoms with Gasteiger partial charge in [-0.05, 0) is 57.4 Å². The second kappa shape index (κ2) is 10.9. The summed E-state index contributed by atoms with van der Waals surface area (Å²) in [6.07, 6.45) is -13.7. The highest BCUT2D eigenvalue weighted by molar-refractivity contribution is 7.92. The highest BCUT2D eigenvalue weighted by atomic mass is 32.2. The lowest BCUT2D eigenvalue weighted by molar-refractivity contribution is -0.376. The molecule has 0 fully saturated rings. The van der Waals surface area contributed by atoms with Gasteiger partial charge in [-0.1, -0.05) is 29.8 Å². The summed E-state index contributed by atoms with van der Waals surface area (Å²) in [4.78, 5) is 12.3. The van der Waals surface area contributed by atoms with Crippen LogP contribution in [0, 0.1) is 6.92 Å². The lowest BCUT2D eigenvalue weighted by Gasteiger charge is -2.39. The first-order valence-corrected chi connectivity index (χ1v) is 13.8. The third kappa shape index (κ3) is 6.20. The van der Waals surface area contributed by atoms with Gasteiger partial charge in [-0.3, -0.25) is 9.10 Å². The van der Waals surface area contributed by atoms with E-state index in [0.717, 1.165) is 13.8 Å². The number of halogens is 8. The highest BCUT2D eigenvalue weighted by Gasteiger charge is 2.71. The Morgan fingerprint density at radius 1 is 0.952 bits per heavy atom. The Morgan fingerprint density at radius 2 is 1.50 bits per heavy atom. The predicted molar refractivity (Wildman–Crippen MR) is 134 cm³/mol. The van der Waals surface area contributed by atoms with Gasteiger partial charge in [0, 0.05) is 12.0 Å². The number of benzene rings is 2. The molecule has 0 aromatic heterocycles. The minimum atomic E-state index is -6.17. The summed E-state index contributed by atoms with van der Waals surface area (Å²) in [6.45, 7) is 2.01. The summed E-state index contributed by atoms with van der Waals surface area (Å²) in [7, 11) is -4.60. The quantitative estimate of drug-likeness (QED) is 0.365. The topological polar surface area (TPSA) is 107 Å². The molecule has 3 N–H and O–H groups in total.